The fraction of sp³-hybridized carbons (Fsp3) is 0.182. The van der Waals surface area contributed by atoms with Crippen molar-refractivity contribution in [3.05, 3.63) is 35.5 Å². The first-order valence-corrected chi connectivity index (χ1v) is 7.01. The van der Waals surface area contributed by atoms with Gasteiger partial charge in [0.05, 0.1) is 10.4 Å². The number of aromatic nitrogens is 1. The van der Waals surface area contributed by atoms with Crippen LogP contribution < -0.4 is 4.83 Å². The molecule has 1 heterocycles. The van der Waals surface area contributed by atoms with Gasteiger partial charge in [-0.15, -0.1) is 4.83 Å². The van der Waals surface area contributed by atoms with Crippen molar-refractivity contribution in [2.24, 2.45) is 0 Å². The molecule has 0 aliphatic heterocycles. The second-order valence-corrected chi connectivity index (χ2v) is 6.03. The normalized spacial score (nSPS) is 12.2. The first-order chi connectivity index (χ1) is 8.38. The van der Waals surface area contributed by atoms with Crippen LogP contribution >= 0.6 is 11.6 Å². The highest BCUT2D eigenvalue weighted by Crippen LogP contribution is 2.19. The highest BCUT2D eigenvalue weighted by molar-refractivity contribution is 7.89. The molecule has 0 bridgehead atoms. The van der Waals surface area contributed by atoms with E-state index in [1.165, 1.54) is 11.1 Å². The van der Waals surface area contributed by atoms with E-state index in [-0.39, 0.29) is 4.90 Å². The van der Waals surface area contributed by atoms with E-state index in [4.69, 9.17) is 11.6 Å². The average molecular weight is 286 g/mol. The third-order valence-corrected chi connectivity index (χ3v) is 3.93. The maximum Gasteiger partial charge on any atom is 0.253 e. The van der Waals surface area contributed by atoms with Crippen LogP contribution in [-0.4, -0.2) is 32.5 Å². The largest absolute Gasteiger partial charge is 0.253 e. The molecule has 18 heavy (non-hydrogen) atoms. The lowest BCUT2D eigenvalue weighted by Gasteiger charge is -2.12. The quantitative estimate of drug-likeness (QED) is 0.688. The summed E-state index contributed by atoms with van der Waals surface area (Å²) in [5.74, 6) is 0. The predicted molar refractivity (Wildman–Crippen MR) is 70.8 cm³/mol. The molecule has 0 saturated heterocycles. The Morgan fingerprint density at radius 1 is 1.22 bits per heavy atom. The highest BCUT2D eigenvalue weighted by atomic mass is 35.5. The number of hydrazine groups is 1. The lowest BCUT2D eigenvalue weighted by Crippen LogP contribution is -2.36. The van der Waals surface area contributed by atoms with Crippen molar-refractivity contribution < 1.29 is 8.42 Å². The van der Waals surface area contributed by atoms with Gasteiger partial charge in [-0.05, 0) is 30.3 Å². The maximum atomic E-state index is 12.0. The summed E-state index contributed by atoms with van der Waals surface area (Å²) in [6.45, 7) is 0. The van der Waals surface area contributed by atoms with E-state index < -0.39 is 10.0 Å². The topological polar surface area (TPSA) is 62.3 Å². The van der Waals surface area contributed by atoms with Crippen LogP contribution in [0.2, 0.25) is 5.15 Å². The Hall–Kier alpha value is -1.21. The van der Waals surface area contributed by atoms with Gasteiger partial charge in [0.2, 0.25) is 0 Å². The number of hydrogen-bond donors (Lipinski definition) is 1. The minimum atomic E-state index is -3.55. The summed E-state index contributed by atoms with van der Waals surface area (Å²) >= 11 is 5.77. The molecular formula is C11H12ClN3O2S. The van der Waals surface area contributed by atoms with Crippen LogP contribution in [0.1, 0.15) is 0 Å². The number of nitrogens with zero attached hydrogens (tertiary/aromatic N) is 2. The second-order valence-electron chi connectivity index (χ2n) is 3.98. The summed E-state index contributed by atoms with van der Waals surface area (Å²) in [7, 11) is -0.324. The molecule has 1 N–H and O–H groups in total. The van der Waals surface area contributed by atoms with Gasteiger partial charge >= 0.3 is 0 Å². The minimum Gasteiger partial charge on any atom is -0.237 e. The van der Waals surface area contributed by atoms with E-state index in [0.29, 0.717) is 10.7 Å². The molecule has 5 nitrogen and oxygen atoms in total. The summed E-state index contributed by atoms with van der Waals surface area (Å²) in [4.78, 5) is 6.66. The number of halogens is 1. The van der Waals surface area contributed by atoms with Gasteiger partial charge in [0, 0.05) is 19.5 Å². The SMILES string of the molecule is CN(C)NS(=O)(=O)c1ccc2nc(Cl)ccc2c1. The number of rotatable bonds is 3. The van der Waals surface area contributed by atoms with E-state index in [2.05, 4.69) is 9.82 Å². The summed E-state index contributed by atoms with van der Waals surface area (Å²) in [6, 6.07) is 8.05. The van der Waals surface area contributed by atoms with E-state index >= 15 is 0 Å². The van der Waals surface area contributed by atoms with Crippen LogP contribution in [0.3, 0.4) is 0 Å². The van der Waals surface area contributed by atoms with Gasteiger partial charge < -0.3 is 0 Å². The molecule has 0 radical (unpaired) electrons. The molecule has 1 aromatic carbocycles. The first-order valence-electron chi connectivity index (χ1n) is 5.14. The van der Waals surface area contributed by atoms with Crippen molar-refractivity contribution in [1.29, 1.82) is 0 Å². The zero-order valence-electron chi connectivity index (χ0n) is 9.88. The zero-order chi connectivity index (χ0) is 13.3. The van der Waals surface area contributed by atoms with Crippen molar-refractivity contribution in [3.8, 4) is 0 Å². The second kappa shape index (κ2) is 4.81. The summed E-state index contributed by atoms with van der Waals surface area (Å²) < 4.78 is 23.9. The lowest BCUT2D eigenvalue weighted by atomic mass is 10.2. The zero-order valence-corrected chi connectivity index (χ0v) is 11.5. The minimum absolute atomic E-state index is 0.188. The number of sulfonamides is 1. The molecule has 0 spiro atoms. The van der Waals surface area contributed by atoms with Crippen molar-refractivity contribution in [2.45, 2.75) is 4.90 Å². The molecule has 0 aliphatic rings. The molecule has 2 aromatic rings. The molecule has 1 aromatic heterocycles. The third-order valence-electron chi connectivity index (χ3n) is 2.24. The van der Waals surface area contributed by atoms with Crippen LogP contribution in [0, 0.1) is 0 Å². The van der Waals surface area contributed by atoms with E-state index in [0.717, 1.165) is 5.39 Å². The number of pyridine rings is 1. The summed E-state index contributed by atoms with van der Waals surface area (Å²) in [5, 5.41) is 2.48. The number of nitrogens with one attached hydrogen (secondary N) is 1. The van der Waals surface area contributed by atoms with Crippen LogP contribution in [0.4, 0.5) is 0 Å². The fourth-order valence-electron chi connectivity index (χ4n) is 1.54. The molecular weight excluding hydrogens is 274 g/mol. The van der Waals surface area contributed by atoms with Crippen LogP contribution in [0.15, 0.2) is 35.2 Å². The van der Waals surface area contributed by atoms with Crippen LogP contribution in [0.5, 0.6) is 0 Å². The smallest absolute Gasteiger partial charge is 0.237 e. The van der Waals surface area contributed by atoms with Gasteiger partial charge in [-0.3, -0.25) is 0 Å². The number of hydrogen-bond acceptors (Lipinski definition) is 4. The predicted octanol–water partition coefficient (Wildman–Crippen LogP) is 1.64. The molecule has 0 amide bonds. The Bertz CT molecular complexity index is 686. The van der Waals surface area contributed by atoms with Gasteiger partial charge in [0.1, 0.15) is 5.15 Å². The van der Waals surface area contributed by atoms with Crippen LogP contribution in [-0.2, 0) is 10.0 Å². The van der Waals surface area contributed by atoms with Gasteiger partial charge in [0.25, 0.3) is 10.0 Å². The molecule has 0 atom stereocenters. The molecule has 0 fully saturated rings. The molecule has 2 rings (SSSR count). The van der Waals surface area contributed by atoms with Crippen molar-refractivity contribution in [1.82, 2.24) is 14.8 Å². The Morgan fingerprint density at radius 3 is 2.61 bits per heavy atom. The molecule has 7 heteroatoms. The Morgan fingerprint density at radius 2 is 1.94 bits per heavy atom. The standard InChI is InChI=1S/C11H12ClN3O2S/c1-15(2)14-18(16,17)9-4-5-10-8(7-9)3-6-11(12)13-10/h3-7,14H,1-2H3. The summed E-state index contributed by atoms with van der Waals surface area (Å²) in [5.41, 5.74) is 0.659. The Labute approximate surface area is 110 Å². The van der Waals surface area contributed by atoms with Gasteiger partial charge in [-0.25, -0.2) is 18.4 Å². The molecule has 96 valence electrons. The molecule has 0 saturated carbocycles. The third kappa shape index (κ3) is 2.78. The lowest BCUT2D eigenvalue weighted by molar-refractivity contribution is 0.364. The van der Waals surface area contributed by atoms with Crippen molar-refractivity contribution in [3.63, 3.8) is 0 Å². The number of fused-ring (bicyclic) bond motifs is 1. The molecule has 0 unspecified atom stereocenters. The van der Waals surface area contributed by atoms with Crippen molar-refractivity contribution in [2.75, 3.05) is 14.1 Å². The van der Waals surface area contributed by atoms with E-state index in [9.17, 15) is 8.42 Å². The summed E-state index contributed by atoms with van der Waals surface area (Å²) in [6.07, 6.45) is 0. The van der Waals surface area contributed by atoms with Crippen molar-refractivity contribution >= 4 is 32.5 Å². The van der Waals surface area contributed by atoms with Gasteiger partial charge in [0.15, 0.2) is 0 Å². The Kier molecular flexibility index (Phi) is 3.54. The number of benzene rings is 1. The maximum absolute atomic E-state index is 12.0. The van der Waals surface area contributed by atoms with E-state index in [1.54, 1.807) is 38.4 Å². The fourth-order valence-corrected chi connectivity index (χ4v) is 2.81. The van der Waals surface area contributed by atoms with Gasteiger partial charge in [-0.2, -0.15) is 0 Å². The van der Waals surface area contributed by atoms with Gasteiger partial charge in [-0.1, -0.05) is 11.6 Å². The highest BCUT2D eigenvalue weighted by Gasteiger charge is 2.15. The van der Waals surface area contributed by atoms with Crippen LogP contribution in [0.25, 0.3) is 10.9 Å². The Balaban J connectivity index is 2.51. The molecule has 0 aliphatic carbocycles. The average Bonchev–Trinajstić information content (AvgIpc) is 2.26. The van der Waals surface area contributed by atoms with E-state index in [1.807, 2.05) is 0 Å². The first kappa shape index (κ1) is 13.2. The monoisotopic (exact) mass is 285 g/mol.